The molecule has 1 aromatic rings. The standard InChI is InChI=1S/C12H15O3P/c1-3-7-11-8-5-6-9-12(11)15-16(13)14-10-4-2/h5-6,8-9,16H,4,10H2,1-2H3. The van der Waals surface area contributed by atoms with Crippen molar-refractivity contribution in [2.45, 2.75) is 20.3 Å². The molecule has 0 spiro atoms. The quantitative estimate of drug-likeness (QED) is 0.583. The van der Waals surface area contributed by atoms with E-state index in [1.165, 1.54) is 0 Å². The zero-order valence-corrected chi connectivity index (χ0v) is 10.4. The van der Waals surface area contributed by atoms with E-state index in [0.29, 0.717) is 12.4 Å². The van der Waals surface area contributed by atoms with Crippen LogP contribution in [-0.2, 0) is 9.09 Å². The highest BCUT2D eigenvalue weighted by atomic mass is 31.1. The highest BCUT2D eigenvalue weighted by Gasteiger charge is 2.04. The summed E-state index contributed by atoms with van der Waals surface area (Å²) in [5.74, 6) is 6.17. The van der Waals surface area contributed by atoms with Gasteiger partial charge in [-0.3, -0.25) is 0 Å². The van der Waals surface area contributed by atoms with Crippen molar-refractivity contribution in [1.29, 1.82) is 0 Å². The first-order chi connectivity index (χ1) is 7.77. The van der Waals surface area contributed by atoms with E-state index in [1.807, 2.05) is 25.1 Å². The lowest BCUT2D eigenvalue weighted by atomic mass is 10.2. The SMILES string of the molecule is CC#Cc1ccccc1O[PH](=O)OCCC. The zero-order chi connectivity index (χ0) is 11.8. The molecule has 3 nitrogen and oxygen atoms in total. The van der Waals surface area contributed by atoms with Gasteiger partial charge in [-0.15, -0.1) is 5.92 Å². The molecule has 0 bridgehead atoms. The van der Waals surface area contributed by atoms with Crippen LogP contribution in [0.3, 0.4) is 0 Å². The Kier molecular flexibility index (Phi) is 5.71. The second kappa shape index (κ2) is 7.11. The molecule has 16 heavy (non-hydrogen) atoms. The van der Waals surface area contributed by atoms with Crippen molar-refractivity contribution in [2.75, 3.05) is 6.61 Å². The first-order valence-corrected chi connectivity index (χ1v) is 6.36. The summed E-state index contributed by atoms with van der Waals surface area (Å²) in [4.78, 5) is 0. The summed E-state index contributed by atoms with van der Waals surface area (Å²) >= 11 is 0. The number of rotatable bonds is 5. The van der Waals surface area contributed by atoms with E-state index in [-0.39, 0.29) is 0 Å². The molecule has 0 aliphatic rings. The van der Waals surface area contributed by atoms with Crippen LogP contribution in [0.1, 0.15) is 25.8 Å². The summed E-state index contributed by atoms with van der Waals surface area (Å²) < 4.78 is 21.6. The second-order valence-electron chi connectivity index (χ2n) is 3.07. The van der Waals surface area contributed by atoms with Gasteiger partial charge in [0.25, 0.3) is 0 Å². The predicted molar refractivity (Wildman–Crippen MR) is 64.9 cm³/mol. The summed E-state index contributed by atoms with van der Waals surface area (Å²) in [6.45, 7) is 4.14. The molecular formula is C12H15O3P. The van der Waals surface area contributed by atoms with E-state index in [4.69, 9.17) is 9.05 Å². The van der Waals surface area contributed by atoms with Crippen LogP contribution in [0.15, 0.2) is 24.3 Å². The summed E-state index contributed by atoms with van der Waals surface area (Å²) in [5.41, 5.74) is 0.725. The van der Waals surface area contributed by atoms with Gasteiger partial charge in [0.1, 0.15) is 5.75 Å². The first kappa shape index (κ1) is 12.8. The van der Waals surface area contributed by atoms with Crippen LogP contribution < -0.4 is 4.52 Å². The average Bonchev–Trinajstić information content (AvgIpc) is 2.29. The molecule has 0 saturated carbocycles. The topological polar surface area (TPSA) is 35.5 Å². The van der Waals surface area contributed by atoms with Gasteiger partial charge < -0.3 is 9.05 Å². The molecule has 1 atom stereocenters. The third-order valence-corrected chi connectivity index (χ3v) is 2.59. The van der Waals surface area contributed by atoms with Crippen LogP contribution in [-0.4, -0.2) is 6.61 Å². The van der Waals surface area contributed by atoms with Gasteiger partial charge in [0.2, 0.25) is 0 Å². The maximum absolute atomic E-state index is 11.4. The Labute approximate surface area is 96.7 Å². The largest absolute Gasteiger partial charge is 0.425 e. The third kappa shape index (κ3) is 4.10. The third-order valence-electron chi connectivity index (χ3n) is 1.76. The van der Waals surface area contributed by atoms with Crippen LogP contribution in [0.5, 0.6) is 5.75 Å². The number of benzene rings is 1. The Morgan fingerprint density at radius 3 is 2.81 bits per heavy atom. The van der Waals surface area contributed by atoms with Crippen molar-refractivity contribution >= 4 is 8.25 Å². The van der Waals surface area contributed by atoms with Gasteiger partial charge >= 0.3 is 8.25 Å². The predicted octanol–water partition coefficient (Wildman–Crippen LogP) is 3.25. The van der Waals surface area contributed by atoms with Crippen molar-refractivity contribution in [3.05, 3.63) is 29.8 Å². The van der Waals surface area contributed by atoms with Crippen molar-refractivity contribution in [2.24, 2.45) is 0 Å². The molecule has 86 valence electrons. The van der Waals surface area contributed by atoms with Gasteiger partial charge in [0, 0.05) is 0 Å². The molecule has 1 aromatic carbocycles. The fraction of sp³-hybridized carbons (Fsp3) is 0.333. The Morgan fingerprint density at radius 2 is 2.12 bits per heavy atom. The van der Waals surface area contributed by atoms with Gasteiger partial charge in [0.15, 0.2) is 0 Å². The van der Waals surface area contributed by atoms with E-state index in [9.17, 15) is 4.57 Å². The van der Waals surface area contributed by atoms with E-state index in [1.54, 1.807) is 13.0 Å². The number of para-hydroxylation sites is 1. The van der Waals surface area contributed by atoms with E-state index >= 15 is 0 Å². The van der Waals surface area contributed by atoms with Crippen molar-refractivity contribution in [1.82, 2.24) is 0 Å². The Balaban J connectivity index is 2.71. The molecule has 0 aliphatic carbocycles. The van der Waals surface area contributed by atoms with Crippen molar-refractivity contribution in [3.8, 4) is 17.6 Å². The average molecular weight is 238 g/mol. The van der Waals surface area contributed by atoms with E-state index < -0.39 is 8.25 Å². The normalized spacial score (nSPS) is 11.4. The Hall–Kier alpha value is -1.23. The van der Waals surface area contributed by atoms with Crippen LogP contribution in [0.25, 0.3) is 0 Å². The Morgan fingerprint density at radius 1 is 1.38 bits per heavy atom. The minimum atomic E-state index is -2.46. The summed E-state index contributed by atoms with van der Waals surface area (Å²) in [5, 5.41) is 0. The Bertz CT molecular complexity index is 418. The smallest absolute Gasteiger partial charge is 0.367 e. The van der Waals surface area contributed by atoms with Gasteiger partial charge in [-0.2, -0.15) is 0 Å². The minimum absolute atomic E-state index is 0.444. The molecule has 0 aliphatic heterocycles. The lowest BCUT2D eigenvalue weighted by molar-refractivity contribution is 0.286. The van der Waals surface area contributed by atoms with Crippen molar-refractivity contribution in [3.63, 3.8) is 0 Å². The van der Waals surface area contributed by atoms with Crippen LogP contribution in [0.2, 0.25) is 0 Å². The van der Waals surface area contributed by atoms with Crippen LogP contribution >= 0.6 is 8.25 Å². The highest BCUT2D eigenvalue weighted by Crippen LogP contribution is 2.30. The molecule has 1 unspecified atom stereocenters. The highest BCUT2D eigenvalue weighted by molar-refractivity contribution is 7.33. The maximum atomic E-state index is 11.4. The van der Waals surface area contributed by atoms with Gasteiger partial charge in [-0.25, -0.2) is 4.57 Å². The zero-order valence-electron chi connectivity index (χ0n) is 9.45. The monoisotopic (exact) mass is 238 g/mol. The van der Waals surface area contributed by atoms with Crippen LogP contribution in [0, 0.1) is 11.8 Å². The molecule has 0 amide bonds. The number of hydrogen-bond donors (Lipinski definition) is 0. The lowest BCUT2D eigenvalue weighted by Crippen LogP contribution is -1.90. The van der Waals surface area contributed by atoms with Gasteiger partial charge in [-0.05, 0) is 25.5 Å². The van der Waals surface area contributed by atoms with E-state index in [2.05, 4.69) is 11.8 Å². The molecule has 0 N–H and O–H groups in total. The molecule has 0 fully saturated rings. The first-order valence-electron chi connectivity index (χ1n) is 5.14. The summed E-state index contributed by atoms with van der Waals surface area (Å²) in [7, 11) is -2.46. The molecule has 0 aromatic heterocycles. The summed E-state index contributed by atoms with van der Waals surface area (Å²) in [6, 6.07) is 7.22. The molecular weight excluding hydrogens is 223 g/mol. The molecule has 1 rings (SSSR count). The fourth-order valence-corrected chi connectivity index (χ4v) is 1.89. The van der Waals surface area contributed by atoms with Crippen LogP contribution in [0.4, 0.5) is 0 Å². The molecule has 4 heteroatoms. The molecule has 0 radical (unpaired) electrons. The van der Waals surface area contributed by atoms with Gasteiger partial charge in [-0.1, -0.05) is 25.0 Å². The molecule has 0 saturated heterocycles. The second-order valence-corrected chi connectivity index (χ2v) is 4.06. The van der Waals surface area contributed by atoms with Crippen molar-refractivity contribution < 1.29 is 13.6 Å². The molecule has 0 heterocycles. The van der Waals surface area contributed by atoms with E-state index in [0.717, 1.165) is 12.0 Å². The fourth-order valence-electron chi connectivity index (χ4n) is 1.10. The minimum Gasteiger partial charge on any atom is -0.425 e. The number of hydrogen-bond acceptors (Lipinski definition) is 3. The maximum Gasteiger partial charge on any atom is 0.367 e. The van der Waals surface area contributed by atoms with Gasteiger partial charge in [0.05, 0.1) is 12.2 Å². The summed E-state index contributed by atoms with van der Waals surface area (Å²) in [6.07, 6.45) is 0.816. The lowest BCUT2D eigenvalue weighted by Gasteiger charge is -2.07.